The van der Waals surface area contributed by atoms with Crippen molar-refractivity contribution < 1.29 is 9.84 Å². The molecular formula is C9H16N2O2. The molecule has 0 aliphatic carbocycles. The van der Waals surface area contributed by atoms with E-state index in [0.29, 0.717) is 6.54 Å². The molecule has 0 amide bonds. The highest BCUT2D eigenvalue weighted by atomic mass is 16.5. The van der Waals surface area contributed by atoms with Gasteiger partial charge in [0, 0.05) is 18.9 Å². The summed E-state index contributed by atoms with van der Waals surface area (Å²) < 4.78 is 6.87. The van der Waals surface area contributed by atoms with Gasteiger partial charge in [-0.1, -0.05) is 0 Å². The van der Waals surface area contributed by atoms with Gasteiger partial charge in [-0.15, -0.1) is 0 Å². The van der Waals surface area contributed by atoms with Crippen molar-refractivity contribution in [1.82, 2.24) is 9.78 Å². The predicted octanol–water partition coefficient (Wildman–Crippen LogP) is 0.971. The Labute approximate surface area is 78.1 Å². The molecule has 0 spiro atoms. The molecule has 74 valence electrons. The van der Waals surface area contributed by atoms with Crippen LogP contribution < -0.4 is 0 Å². The van der Waals surface area contributed by atoms with Crippen LogP contribution in [0, 0.1) is 0 Å². The summed E-state index contributed by atoms with van der Waals surface area (Å²) in [6.07, 6.45) is 3.20. The lowest BCUT2D eigenvalue weighted by molar-refractivity contribution is 0.0997. The minimum atomic E-state index is -0.452. The van der Waals surface area contributed by atoms with Gasteiger partial charge in [-0.25, -0.2) is 0 Å². The van der Waals surface area contributed by atoms with Crippen LogP contribution in [0.2, 0.25) is 0 Å². The lowest BCUT2D eigenvalue weighted by Gasteiger charge is -2.08. The molecule has 1 N–H and O–H groups in total. The molecule has 0 aliphatic rings. The quantitative estimate of drug-likeness (QED) is 0.758. The van der Waals surface area contributed by atoms with Gasteiger partial charge in [-0.2, -0.15) is 5.10 Å². The molecule has 13 heavy (non-hydrogen) atoms. The van der Waals surface area contributed by atoms with Crippen molar-refractivity contribution in [2.24, 2.45) is 0 Å². The molecular weight excluding hydrogens is 168 g/mol. The van der Waals surface area contributed by atoms with Crippen LogP contribution in [0.25, 0.3) is 0 Å². The summed E-state index contributed by atoms with van der Waals surface area (Å²) in [6.45, 7) is 4.41. The van der Waals surface area contributed by atoms with Gasteiger partial charge in [0.2, 0.25) is 0 Å². The van der Waals surface area contributed by atoms with Crippen molar-refractivity contribution >= 4 is 0 Å². The Bertz CT molecular complexity index is 258. The second-order valence-electron chi connectivity index (χ2n) is 3.22. The fourth-order valence-electron chi connectivity index (χ4n) is 1.03. The Balaban J connectivity index is 2.58. The molecule has 0 radical (unpaired) electrons. The van der Waals surface area contributed by atoms with Crippen LogP contribution in [0.3, 0.4) is 0 Å². The fourth-order valence-corrected chi connectivity index (χ4v) is 1.03. The monoisotopic (exact) mass is 184 g/mol. The SMILES string of the molecule is COC(C)Cn1cc(C(C)O)cn1. The van der Waals surface area contributed by atoms with E-state index in [-0.39, 0.29) is 6.10 Å². The van der Waals surface area contributed by atoms with E-state index >= 15 is 0 Å². The number of hydrogen-bond acceptors (Lipinski definition) is 3. The average molecular weight is 184 g/mol. The third kappa shape index (κ3) is 2.82. The molecule has 1 aromatic rings. The van der Waals surface area contributed by atoms with E-state index in [4.69, 9.17) is 4.74 Å². The zero-order valence-electron chi connectivity index (χ0n) is 8.27. The number of aliphatic hydroxyl groups is 1. The smallest absolute Gasteiger partial charge is 0.0792 e. The summed E-state index contributed by atoms with van der Waals surface area (Å²) in [5, 5.41) is 13.3. The summed E-state index contributed by atoms with van der Waals surface area (Å²) in [5.74, 6) is 0. The molecule has 2 unspecified atom stereocenters. The van der Waals surface area contributed by atoms with Gasteiger partial charge in [-0.05, 0) is 13.8 Å². The van der Waals surface area contributed by atoms with Gasteiger partial charge in [0.1, 0.15) is 0 Å². The molecule has 0 bridgehead atoms. The van der Waals surface area contributed by atoms with Crippen molar-refractivity contribution in [3.05, 3.63) is 18.0 Å². The Hall–Kier alpha value is -0.870. The third-order valence-electron chi connectivity index (χ3n) is 1.98. The zero-order valence-corrected chi connectivity index (χ0v) is 8.27. The number of rotatable bonds is 4. The third-order valence-corrected chi connectivity index (χ3v) is 1.98. The Morgan fingerprint density at radius 1 is 1.62 bits per heavy atom. The first-order valence-electron chi connectivity index (χ1n) is 4.36. The van der Waals surface area contributed by atoms with Crippen LogP contribution in [0.1, 0.15) is 25.5 Å². The number of methoxy groups -OCH3 is 1. The van der Waals surface area contributed by atoms with Crippen molar-refractivity contribution in [2.75, 3.05) is 7.11 Å². The van der Waals surface area contributed by atoms with E-state index in [2.05, 4.69) is 5.10 Å². The first-order valence-corrected chi connectivity index (χ1v) is 4.36. The van der Waals surface area contributed by atoms with Crippen molar-refractivity contribution in [3.8, 4) is 0 Å². The molecule has 0 aromatic carbocycles. The normalized spacial score (nSPS) is 15.7. The van der Waals surface area contributed by atoms with Crippen molar-refractivity contribution in [3.63, 3.8) is 0 Å². The van der Waals surface area contributed by atoms with E-state index in [1.165, 1.54) is 0 Å². The highest BCUT2D eigenvalue weighted by Crippen LogP contribution is 2.10. The maximum atomic E-state index is 9.24. The second-order valence-corrected chi connectivity index (χ2v) is 3.22. The molecule has 0 saturated heterocycles. The molecule has 4 heteroatoms. The minimum Gasteiger partial charge on any atom is -0.389 e. The molecule has 0 aliphatic heterocycles. The zero-order chi connectivity index (χ0) is 9.84. The molecule has 1 heterocycles. The first kappa shape index (κ1) is 10.2. The van der Waals surface area contributed by atoms with Gasteiger partial charge in [0.15, 0.2) is 0 Å². The van der Waals surface area contributed by atoms with E-state index in [0.717, 1.165) is 5.56 Å². The van der Waals surface area contributed by atoms with Crippen LogP contribution in [0.5, 0.6) is 0 Å². The number of ether oxygens (including phenoxy) is 1. The Kier molecular flexibility index (Phi) is 3.45. The van der Waals surface area contributed by atoms with Crippen molar-refractivity contribution in [2.45, 2.75) is 32.6 Å². The van der Waals surface area contributed by atoms with E-state index in [1.807, 2.05) is 13.1 Å². The van der Waals surface area contributed by atoms with Gasteiger partial charge >= 0.3 is 0 Å². The highest BCUT2D eigenvalue weighted by Gasteiger charge is 2.06. The fraction of sp³-hybridized carbons (Fsp3) is 0.667. The first-order chi connectivity index (χ1) is 6.13. The number of hydrogen-bond donors (Lipinski definition) is 1. The molecule has 1 aromatic heterocycles. The standard InChI is InChI=1S/C9H16N2O2/c1-7(13-3)5-11-6-9(4-10-11)8(2)12/h4,6-8,12H,5H2,1-3H3. The Morgan fingerprint density at radius 3 is 2.77 bits per heavy atom. The van der Waals surface area contributed by atoms with Gasteiger partial charge < -0.3 is 9.84 Å². The van der Waals surface area contributed by atoms with Gasteiger partial charge in [-0.3, -0.25) is 4.68 Å². The average Bonchev–Trinajstić information content (AvgIpc) is 2.52. The summed E-state index contributed by atoms with van der Waals surface area (Å²) in [5.41, 5.74) is 0.836. The number of aromatic nitrogens is 2. The predicted molar refractivity (Wildman–Crippen MR) is 49.3 cm³/mol. The number of aliphatic hydroxyl groups excluding tert-OH is 1. The second kappa shape index (κ2) is 4.39. The van der Waals surface area contributed by atoms with Crippen LogP contribution in [0.15, 0.2) is 12.4 Å². The summed E-state index contributed by atoms with van der Waals surface area (Å²) in [6, 6.07) is 0. The van der Waals surface area contributed by atoms with Crippen LogP contribution >= 0.6 is 0 Å². The van der Waals surface area contributed by atoms with E-state index in [9.17, 15) is 5.11 Å². The lowest BCUT2D eigenvalue weighted by atomic mass is 10.2. The van der Waals surface area contributed by atoms with E-state index in [1.54, 1.807) is 24.9 Å². The maximum absolute atomic E-state index is 9.24. The molecule has 0 saturated carbocycles. The maximum Gasteiger partial charge on any atom is 0.0792 e. The van der Waals surface area contributed by atoms with E-state index < -0.39 is 6.10 Å². The topological polar surface area (TPSA) is 47.3 Å². The minimum absolute atomic E-state index is 0.141. The Morgan fingerprint density at radius 2 is 2.31 bits per heavy atom. The van der Waals surface area contributed by atoms with Gasteiger partial charge in [0.25, 0.3) is 0 Å². The van der Waals surface area contributed by atoms with Crippen LogP contribution in [-0.2, 0) is 11.3 Å². The van der Waals surface area contributed by atoms with Gasteiger partial charge in [0.05, 0.1) is 24.9 Å². The summed E-state index contributed by atoms with van der Waals surface area (Å²) >= 11 is 0. The molecule has 1 rings (SSSR count). The lowest BCUT2D eigenvalue weighted by Crippen LogP contribution is -2.14. The highest BCUT2D eigenvalue weighted by molar-refractivity contribution is 5.06. The molecule has 2 atom stereocenters. The molecule has 4 nitrogen and oxygen atoms in total. The summed E-state index contributed by atoms with van der Waals surface area (Å²) in [4.78, 5) is 0. The summed E-state index contributed by atoms with van der Waals surface area (Å²) in [7, 11) is 1.67. The van der Waals surface area contributed by atoms with Crippen LogP contribution in [-0.4, -0.2) is 28.1 Å². The number of nitrogens with zero attached hydrogens (tertiary/aromatic N) is 2. The molecule has 0 fully saturated rings. The largest absolute Gasteiger partial charge is 0.389 e. The van der Waals surface area contributed by atoms with Crippen molar-refractivity contribution in [1.29, 1.82) is 0 Å². The van der Waals surface area contributed by atoms with Crippen LogP contribution in [0.4, 0.5) is 0 Å².